The van der Waals surface area contributed by atoms with Crippen molar-refractivity contribution in [3.05, 3.63) is 53.6 Å². The fraction of sp³-hybridized carbons (Fsp3) is 0.440. The Labute approximate surface area is 201 Å². The lowest BCUT2D eigenvalue weighted by molar-refractivity contribution is -0.119. The number of hydrogen-bond acceptors (Lipinski definition) is 6. The quantitative estimate of drug-likeness (QED) is 0.592. The van der Waals surface area contributed by atoms with E-state index in [2.05, 4.69) is 26.1 Å². The molecule has 1 saturated heterocycles. The summed E-state index contributed by atoms with van der Waals surface area (Å²) in [6, 6.07) is 11.4. The molecule has 1 aliphatic heterocycles. The molecule has 1 aliphatic rings. The van der Waals surface area contributed by atoms with Crippen molar-refractivity contribution in [1.29, 1.82) is 0 Å². The average molecular weight is 489 g/mol. The molecule has 184 valence electrons. The van der Waals surface area contributed by atoms with Gasteiger partial charge in [0.05, 0.1) is 23.3 Å². The second-order valence-corrected chi connectivity index (χ2v) is 11.2. The normalized spacial score (nSPS) is 14.9. The molecular weight excluding hydrogens is 456 g/mol. The summed E-state index contributed by atoms with van der Waals surface area (Å²) in [6.07, 6.45) is 2.65. The molecule has 0 saturated carbocycles. The molecule has 0 spiro atoms. The Bertz CT molecular complexity index is 1130. The summed E-state index contributed by atoms with van der Waals surface area (Å²) in [5.41, 5.74) is 1.56. The lowest BCUT2D eigenvalue weighted by Gasteiger charge is -2.26. The van der Waals surface area contributed by atoms with E-state index in [1.54, 1.807) is 12.1 Å². The highest BCUT2D eigenvalue weighted by Crippen LogP contribution is 2.30. The van der Waals surface area contributed by atoms with Crippen molar-refractivity contribution in [2.24, 2.45) is 0 Å². The number of methoxy groups -OCH3 is 1. The predicted molar refractivity (Wildman–Crippen MR) is 130 cm³/mol. The van der Waals surface area contributed by atoms with Crippen molar-refractivity contribution in [3.63, 3.8) is 0 Å². The second-order valence-electron chi connectivity index (χ2n) is 9.28. The Balaban J connectivity index is 1.66. The van der Waals surface area contributed by atoms with Gasteiger partial charge in [0.15, 0.2) is 6.61 Å². The summed E-state index contributed by atoms with van der Waals surface area (Å²) in [6.45, 7) is 6.65. The molecule has 1 heterocycles. The number of piperidine rings is 1. The number of sulfonamides is 1. The molecule has 2 aromatic rings. The molecule has 0 aromatic heterocycles. The first kappa shape index (κ1) is 25.7. The van der Waals surface area contributed by atoms with Crippen molar-refractivity contribution in [1.82, 2.24) is 4.31 Å². The topological polar surface area (TPSA) is 102 Å². The average Bonchev–Trinajstić information content (AvgIpc) is 2.82. The molecule has 0 bridgehead atoms. The van der Waals surface area contributed by atoms with E-state index in [1.807, 2.05) is 12.1 Å². The van der Waals surface area contributed by atoms with E-state index in [0.29, 0.717) is 24.4 Å². The summed E-state index contributed by atoms with van der Waals surface area (Å²) in [7, 11) is -2.26. The zero-order chi connectivity index (χ0) is 24.9. The maximum Gasteiger partial charge on any atom is 0.338 e. The van der Waals surface area contributed by atoms with E-state index in [9.17, 15) is 18.0 Å². The first-order valence-electron chi connectivity index (χ1n) is 11.3. The zero-order valence-electron chi connectivity index (χ0n) is 20.1. The minimum Gasteiger partial charge on any atom is -0.495 e. The van der Waals surface area contributed by atoms with Crippen LogP contribution in [0, 0.1) is 0 Å². The monoisotopic (exact) mass is 488 g/mol. The first-order valence-corrected chi connectivity index (χ1v) is 12.7. The molecule has 8 nitrogen and oxygen atoms in total. The number of ether oxygens (including phenoxy) is 2. The summed E-state index contributed by atoms with van der Waals surface area (Å²) in [4.78, 5) is 24.9. The first-order chi connectivity index (χ1) is 16.0. The van der Waals surface area contributed by atoms with Crippen molar-refractivity contribution >= 4 is 27.6 Å². The number of nitrogens with zero attached hydrogens (tertiary/aromatic N) is 1. The maximum absolute atomic E-state index is 13.0. The minimum atomic E-state index is -3.68. The van der Waals surface area contributed by atoms with Gasteiger partial charge in [-0.1, -0.05) is 39.3 Å². The number of benzene rings is 2. The van der Waals surface area contributed by atoms with E-state index >= 15 is 0 Å². The van der Waals surface area contributed by atoms with Crippen LogP contribution in [-0.2, 0) is 25.0 Å². The third-order valence-corrected chi connectivity index (χ3v) is 7.61. The smallest absolute Gasteiger partial charge is 0.338 e. The maximum atomic E-state index is 13.0. The van der Waals surface area contributed by atoms with Crippen LogP contribution in [0.4, 0.5) is 5.69 Å². The molecule has 1 fully saturated rings. The number of nitrogens with one attached hydrogen (secondary N) is 1. The molecule has 0 atom stereocenters. The molecule has 3 rings (SSSR count). The lowest BCUT2D eigenvalue weighted by Crippen LogP contribution is -2.35. The van der Waals surface area contributed by atoms with Gasteiger partial charge in [0.2, 0.25) is 10.0 Å². The summed E-state index contributed by atoms with van der Waals surface area (Å²) >= 11 is 0. The van der Waals surface area contributed by atoms with Crippen LogP contribution >= 0.6 is 0 Å². The van der Waals surface area contributed by atoms with E-state index in [1.165, 1.54) is 29.6 Å². The molecule has 1 N–H and O–H groups in total. The second kappa shape index (κ2) is 10.6. The molecule has 34 heavy (non-hydrogen) atoms. The Morgan fingerprint density at radius 2 is 1.65 bits per heavy atom. The van der Waals surface area contributed by atoms with Crippen LogP contribution in [-0.4, -0.2) is 51.4 Å². The van der Waals surface area contributed by atoms with Crippen LogP contribution in [0.25, 0.3) is 0 Å². The number of carbonyl (C=O) groups is 2. The Hall–Kier alpha value is -2.91. The van der Waals surface area contributed by atoms with Gasteiger partial charge in [-0.25, -0.2) is 13.2 Å². The minimum absolute atomic E-state index is 0.0443. The highest BCUT2D eigenvalue weighted by molar-refractivity contribution is 7.89. The predicted octanol–water partition coefficient (Wildman–Crippen LogP) is 3.96. The fourth-order valence-corrected chi connectivity index (χ4v) is 5.25. The van der Waals surface area contributed by atoms with Gasteiger partial charge in [-0.3, -0.25) is 4.79 Å². The van der Waals surface area contributed by atoms with Crippen molar-refractivity contribution < 1.29 is 27.5 Å². The third-order valence-electron chi connectivity index (χ3n) is 5.72. The Morgan fingerprint density at radius 3 is 2.24 bits per heavy atom. The molecule has 0 unspecified atom stereocenters. The van der Waals surface area contributed by atoms with E-state index in [-0.39, 0.29) is 16.0 Å². The van der Waals surface area contributed by atoms with Crippen LogP contribution in [0.5, 0.6) is 5.75 Å². The van der Waals surface area contributed by atoms with Crippen molar-refractivity contribution in [2.75, 3.05) is 32.1 Å². The highest BCUT2D eigenvalue weighted by Gasteiger charge is 2.27. The molecule has 9 heteroatoms. The van der Waals surface area contributed by atoms with Gasteiger partial charge in [-0.15, -0.1) is 0 Å². The van der Waals surface area contributed by atoms with Gasteiger partial charge >= 0.3 is 5.97 Å². The van der Waals surface area contributed by atoms with Crippen LogP contribution in [0.2, 0.25) is 0 Å². The fourth-order valence-electron chi connectivity index (χ4n) is 3.71. The molecular formula is C25H32N2O6S. The highest BCUT2D eigenvalue weighted by atomic mass is 32.2. The van der Waals surface area contributed by atoms with Crippen LogP contribution in [0.3, 0.4) is 0 Å². The molecule has 2 aromatic carbocycles. The SMILES string of the molecule is COc1ccc(S(=O)(=O)N2CCCCC2)cc1NC(=O)COC(=O)c1ccc(C(C)(C)C)cc1. The van der Waals surface area contributed by atoms with Crippen LogP contribution in [0.1, 0.15) is 56.0 Å². The molecule has 1 amide bonds. The lowest BCUT2D eigenvalue weighted by atomic mass is 9.87. The van der Waals surface area contributed by atoms with Crippen molar-refractivity contribution in [2.45, 2.75) is 50.3 Å². The van der Waals surface area contributed by atoms with Crippen LogP contribution < -0.4 is 10.1 Å². The van der Waals surface area contributed by atoms with Crippen molar-refractivity contribution in [3.8, 4) is 5.75 Å². The molecule has 0 aliphatic carbocycles. The van der Waals surface area contributed by atoms with Gasteiger partial charge in [0.25, 0.3) is 5.91 Å². The van der Waals surface area contributed by atoms with Gasteiger partial charge in [0, 0.05) is 13.1 Å². The number of rotatable bonds is 7. The molecule has 0 radical (unpaired) electrons. The van der Waals surface area contributed by atoms with Gasteiger partial charge in [0.1, 0.15) is 5.75 Å². The number of amides is 1. The number of anilines is 1. The number of carbonyl (C=O) groups excluding carboxylic acids is 2. The summed E-state index contributed by atoms with van der Waals surface area (Å²) < 4.78 is 37.8. The van der Waals surface area contributed by atoms with E-state index < -0.39 is 28.5 Å². The van der Waals surface area contributed by atoms with Gasteiger partial charge in [-0.05, 0) is 54.2 Å². The van der Waals surface area contributed by atoms with E-state index in [0.717, 1.165) is 24.8 Å². The Kier molecular flexibility index (Phi) is 7.99. The summed E-state index contributed by atoms with van der Waals surface area (Å²) in [5.74, 6) is -0.926. The number of hydrogen-bond donors (Lipinski definition) is 1. The summed E-state index contributed by atoms with van der Waals surface area (Å²) in [5, 5.41) is 2.59. The van der Waals surface area contributed by atoms with Gasteiger partial charge < -0.3 is 14.8 Å². The van der Waals surface area contributed by atoms with Crippen LogP contribution in [0.15, 0.2) is 47.4 Å². The zero-order valence-corrected chi connectivity index (χ0v) is 20.9. The largest absolute Gasteiger partial charge is 0.495 e. The Morgan fingerprint density at radius 1 is 1.00 bits per heavy atom. The standard InChI is InChI=1S/C25H32N2O6S/c1-25(2,3)19-10-8-18(9-11-19)24(29)33-17-23(28)26-21-16-20(12-13-22(21)32-4)34(30,31)27-14-6-5-7-15-27/h8-13,16H,5-7,14-15,17H2,1-4H3,(H,26,28). The number of esters is 1. The van der Waals surface area contributed by atoms with E-state index in [4.69, 9.17) is 9.47 Å². The van der Waals surface area contributed by atoms with Gasteiger partial charge in [-0.2, -0.15) is 4.31 Å². The third kappa shape index (κ3) is 6.15.